The van der Waals surface area contributed by atoms with Gasteiger partial charge in [-0.25, -0.2) is 9.97 Å². The van der Waals surface area contributed by atoms with Gasteiger partial charge in [0, 0.05) is 6.54 Å². The molecule has 144 valence electrons. The van der Waals surface area contributed by atoms with Crippen molar-refractivity contribution in [2.45, 2.75) is 6.54 Å². The molecule has 0 aliphatic carbocycles. The first-order valence-electron chi connectivity index (χ1n) is 8.36. The third-order valence-electron chi connectivity index (χ3n) is 3.92. The Kier molecular flexibility index (Phi) is 6.13. The fourth-order valence-electron chi connectivity index (χ4n) is 2.39. The Balaban J connectivity index is 1.63. The molecule has 2 aromatic carbocycles. The van der Waals surface area contributed by atoms with Crippen LogP contribution in [-0.2, 0) is 6.54 Å². The van der Waals surface area contributed by atoms with Crippen LogP contribution in [0.5, 0.6) is 5.75 Å². The predicted octanol–water partition coefficient (Wildman–Crippen LogP) is 3.09. The highest BCUT2D eigenvalue weighted by Crippen LogP contribution is 2.23. The van der Waals surface area contributed by atoms with Gasteiger partial charge in [-0.1, -0.05) is 35.9 Å². The first-order chi connectivity index (χ1) is 13.6. The largest absolute Gasteiger partial charge is 0.497 e. The highest BCUT2D eigenvalue weighted by molar-refractivity contribution is 6.33. The van der Waals surface area contributed by atoms with Crippen LogP contribution in [0.15, 0.2) is 54.9 Å². The summed E-state index contributed by atoms with van der Waals surface area (Å²) >= 11 is 6.02. The van der Waals surface area contributed by atoms with Crippen LogP contribution in [-0.4, -0.2) is 23.0 Å². The molecule has 0 aliphatic rings. The van der Waals surface area contributed by atoms with Gasteiger partial charge in [-0.15, -0.1) is 0 Å². The molecule has 0 saturated heterocycles. The third-order valence-corrected chi connectivity index (χ3v) is 4.25. The van der Waals surface area contributed by atoms with E-state index in [4.69, 9.17) is 22.1 Å². The molecule has 1 heterocycles. The zero-order valence-electron chi connectivity index (χ0n) is 15.1. The lowest BCUT2D eigenvalue weighted by atomic mass is 10.2. The van der Waals surface area contributed by atoms with Crippen molar-refractivity contribution < 1.29 is 9.53 Å². The molecule has 1 aromatic heterocycles. The van der Waals surface area contributed by atoms with Crippen LogP contribution in [0, 0.1) is 0 Å². The number of ether oxygens (including phenoxy) is 1. The Bertz CT molecular complexity index is 965. The molecular weight excluding hydrogens is 380 g/mol. The Hall–Kier alpha value is -3.52. The van der Waals surface area contributed by atoms with Gasteiger partial charge < -0.3 is 15.8 Å². The number of carbonyl (C=O) groups is 1. The van der Waals surface area contributed by atoms with Crippen molar-refractivity contribution >= 4 is 34.8 Å². The molecule has 0 aliphatic heterocycles. The van der Waals surface area contributed by atoms with E-state index in [1.165, 1.54) is 6.33 Å². The van der Waals surface area contributed by atoms with Crippen LogP contribution in [0.25, 0.3) is 0 Å². The molecule has 0 saturated carbocycles. The molecule has 1 amide bonds. The minimum atomic E-state index is -0.406. The van der Waals surface area contributed by atoms with E-state index in [1.54, 1.807) is 31.4 Å². The average Bonchev–Trinajstić information content (AvgIpc) is 2.72. The molecule has 0 atom stereocenters. The van der Waals surface area contributed by atoms with E-state index in [2.05, 4.69) is 26.1 Å². The second-order valence-electron chi connectivity index (χ2n) is 5.75. The number of nitrogens with zero attached hydrogens (tertiary/aromatic N) is 2. The number of anilines is 3. The van der Waals surface area contributed by atoms with Gasteiger partial charge in [0.2, 0.25) is 0 Å². The standard InChI is InChI=1S/C19H19ClN6O2/c1-28-13-8-6-12(7-9-13)10-22-17-16(21)18(24-11-23-17)25-26-19(27)14-4-2-3-5-15(14)20/h2-9,11H,10,21H2,1H3,(H,26,27)(H2,22,23,24,25). The summed E-state index contributed by atoms with van der Waals surface area (Å²) in [5.74, 6) is 1.09. The van der Waals surface area contributed by atoms with Crippen LogP contribution in [0.2, 0.25) is 5.02 Å². The van der Waals surface area contributed by atoms with Crippen molar-refractivity contribution in [2.75, 3.05) is 23.6 Å². The van der Waals surface area contributed by atoms with Crippen LogP contribution in [0.3, 0.4) is 0 Å². The molecule has 0 unspecified atom stereocenters. The number of nitrogens with two attached hydrogens (primary N) is 1. The number of halogens is 1. The smallest absolute Gasteiger partial charge is 0.271 e. The summed E-state index contributed by atoms with van der Waals surface area (Å²) in [6.45, 7) is 0.511. The molecule has 0 bridgehead atoms. The molecule has 0 fully saturated rings. The number of hydrazine groups is 1. The summed E-state index contributed by atoms with van der Waals surface area (Å²) < 4.78 is 5.14. The predicted molar refractivity (Wildman–Crippen MR) is 109 cm³/mol. The lowest BCUT2D eigenvalue weighted by Gasteiger charge is -2.13. The minimum absolute atomic E-state index is 0.271. The number of aromatic nitrogens is 2. The lowest BCUT2D eigenvalue weighted by Crippen LogP contribution is -2.30. The number of methoxy groups -OCH3 is 1. The number of amides is 1. The van der Waals surface area contributed by atoms with E-state index in [1.807, 2.05) is 24.3 Å². The first-order valence-corrected chi connectivity index (χ1v) is 8.74. The normalized spacial score (nSPS) is 10.2. The maximum atomic E-state index is 12.2. The second kappa shape index (κ2) is 8.92. The molecule has 3 rings (SSSR count). The van der Waals surface area contributed by atoms with Crippen LogP contribution in [0.1, 0.15) is 15.9 Å². The number of carbonyl (C=O) groups excluding carboxylic acids is 1. The SMILES string of the molecule is COc1ccc(CNc2ncnc(NNC(=O)c3ccccc3Cl)c2N)cc1. The van der Waals surface area contributed by atoms with Gasteiger partial charge in [-0.05, 0) is 29.8 Å². The van der Waals surface area contributed by atoms with Crippen molar-refractivity contribution in [3.8, 4) is 5.75 Å². The molecule has 8 nitrogen and oxygen atoms in total. The molecule has 5 N–H and O–H groups in total. The summed E-state index contributed by atoms with van der Waals surface area (Å²) in [6.07, 6.45) is 1.34. The van der Waals surface area contributed by atoms with E-state index >= 15 is 0 Å². The Morgan fingerprint density at radius 2 is 1.82 bits per heavy atom. The fraction of sp³-hybridized carbons (Fsp3) is 0.105. The monoisotopic (exact) mass is 398 g/mol. The number of hydrogen-bond donors (Lipinski definition) is 4. The summed E-state index contributed by atoms with van der Waals surface area (Å²) in [5.41, 5.74) is 13.0. The van der Waals surface area contributed by atoms with E-state index in [0.717, 1.165) is 11.3 Å². The topological polar surface area (TPSA) is 114 Å². The number of hydrogen-bond acceptors (Lipinski definition) is 7. The van der Waals surface area contributed by atoms with Gasteiger partial charge in [0.1, 0.15) is 17.8 Å². The zero-order valence-corrected chi connectivity index (χ0v) is 15.8. The van der Waals surface area contributed by atoms with Crippen LogP contribution < -0.4 is 26.6 Å². The molecule has 9 heteroatoms. The highest BCUT2D eigenvalue weighted by Gasteiger charge is 2.12. The second-order valence-corrected chi connectivity index (χ2v) is 6.15. The molecule has 28 heavy (non-hydrogen) atoms. The van der Waals surface area contributed by atoms with Crippen molar-refractivity contribution in [1.82, 2.24) is 15.4 Å². The average molecular weight is 399 g/mol. The van der Waals surface area contributed by atoms with E-state index < -0.39 is 5.91 Å². The van der Waals surface area contributed by atoms with Gasteiger partial charge >= 0.3 is 0 Å². The number of benzene rings is 2. The van der Waals surface area contributed by atoms with Gasteiger partial charge in [0.15, 0.2) is 11.6 Å². The lowest BCUT2D eigenvalue weighted by molar-refractivity contribution is 0.0962. The number of nitrogens with one attached hydrogen (secondary N) is 3. The van der Waals surface area contributed by atoms with Crippen molar-refractivity contribution in [3.63, 3.8) is 0 Å². The Morgan fingerprint density at radius 1 is 1.11 bits per heavy atom. The van der Waals surface area contributed by atoms with Crippen molar-refractivity contribution in [3.05, 3.63) is 71.0 Å². The molecule has 3 aromatic rings. The molecular formula is C19H19ClN6O2. The van der Waals surface area contributed by atoms with E-state index in [-0.39, 0.29) is 11.5 Å². The summed E-state index contributed by atoms with van der Waals surface area (Å²) in [5, 5.41) is 3.49. The summed E-state index contributed by atoms with van der Waals surface area (Å²) in [7, 11) is 1.62. The van der Waals surface area contributed by atoms with Crippen molar-refractivity contribution in [2.24, 2.45) is 0 Å². The minimum Gasteiger partial charge on any atom is -0.497 e. The fourth-order valence-corrected chi connectivity index (χ4v) is 2.62. The maximum absolute atomic E-state index is 12.2. The van der Waals surface area contributed by atoms with Crippen molar-refractivity contribution in [1.29, 1.82) is 0 Å². The summed E-state index contributed by atoms with van der Waals surface area (Å²) in [6, 6.07) is 14.3. The highest BCUT2D eigenvalue weighted by atomic mass is 35.5. The van der Waals surface area contributed by atoms with E-state index in [9.17, 15) is 4.79 Å². The number of rotatable bonds is 7. The van der Waals surface area contributed by atoms with E-state index in [0.29, 0.717) is 22.9 Å². The van der Waals surface area contributed by atoms with Crippen LogP contribution in [0.4, 0.5) is 17.3 Å². The van der Waals surface area contributed by atoms with Gasteiger partial charge in [0.25, 0.3) is 5.91 Å². The third kappa shape index (κ3) is 4.60. The summed E-state index contributed by atoms with van der Waals surface area (Å²) in [4.78, 5) is 20.4. The molecule has 0 radical (unpaired) electrons. The Labute approximate surface area is 167 Å². The maximum Gasteiger partial charge on any atom is 0.271 e. The first kappa shape index (κ1) is 19.2. The van der Waals surface area contributed by atoms with Gasteiger partial charge in [0.05, 0.1) is 17.7 Å². The Morgan fingerprint density at radius 3 is 2.54 bits per heavy atom. The number of nitrogen functional groups attached to an aromatic ring is 1. The van der Waals surface area contributed by atoms with Crippen LogP contribution >= 0.6 is 11.6 Å². The quantitative estimate of drug-likeness (QED) is 0.452. The van der Waals surface area contributed by atoms with Gasteiger partial charge in [-0.2, -0.15) is 0 Å². The van der Waals surface area contributed by atoms with Gasteiger partial charge in [-0.3, -0.25) is 15.6 Å². The molecule has 0 spiro atoms. The zero-order chi connectivity index (χ0) is 19.9.